The maximum atomic E-state index is 12.7. The predicted octanol–water partition coefficient (Wildman–Crippen LogP) is 4.84. The SMILES string of the molecule is Cc1ccc(N)cc1C(=O)NC(C)c1nc2ccccc2n1C(C)C.Cl.Cl. The van der Waals surface area contributed by atoms with Crippen molar-refractivity contribution >= 4 is 47.4 Å². The second-order valence-electron chi connectivity index (χ2n) is 6.69. The number of imidazole rings is 1. The van der Waals surface area contributed by atoms with Gasteiger partial charge in [0.1, 0.15) is 5.82 Å². The molecule has 3 aromatic rings. The summed E-state index contributed by atoms with van der Waals surface area (Å²) in [5.41, 5.74) is 9.92. The Balaban J connectivity index is 0.00000182. The van der Waals surface area contributed by atoms with Gasteiger partial charge in [-0.1, -0.05) is 18.2 Å². The van der Waals surface area contributed by atoms with Crippen LogP contribution < -0.4 is 11.1 Å². The number of nitrogens with zero attached hydrogens (tertiary/aromatic N) is 2. The molecule has 1 unspecified atom stereocenters. The van der Waals surface area contributed by atoms with Crippen LogP contribution in [0.15, 0.2) is 42.5 Å². The minimum atomic E-state index is -0.219. The second kappa shape index (κ2) is 9.11. The summed E-state index contributed by atoms with van der Waals surface area (Å²) in [5, 5.41) is 3.06. The molecule has 7 heteroatoms. The van der Waals surface area contributed by atoms with Crippen LogP contribution >= 0.6 is 24.8 Å². The number of para-hydroxylation sites is 2. The molecule has 0 aliphatic carbocycles. The Hall–Kier alpha value is -2.24. The fraction of sp³-hybridized carbons (Fsp3) is 0.300. The number of rotatable bonds is 4. The molecule has 1 heterocycles. The molecule has 0 bridgehead atoms. The number of amides is 1. The van der Waals surface area contributed by atoms with Crippen LogP contribution in [0.25, 0.3) is 11.0 Å². The first-order valence-electron chi connectivity index (χ1n) is 8.52. The highest BCUT2D eigenvalue weighted by Crippen LogP contribution is 2.25. The Morgan fingerprint density at radius 3 is 2.44 bits per heavy atom. The van der Waals surface area contributed by atoms with Gasteiger partial charge in [-0.05, 0) is 57.5 Å². The zero-order valence-corrected chi connectivity index (χ0v) is 17.5. The first kappa shape index (κ1) is 22.8. The number of aryl methyl sites for hydroxylation is 1. The number of hydrogen-bond donors (Lipinski definition) is 2. The van der Waals surface area contributed by atoms with Gasteiger partial charge in [0.05, 0.1) is 17.1 Å². The number of nitrogens with one attached hydrogen (secondary N) is 1. The van der Waals surface area contributed by atoms with E-state index < -0.39 is 0 Å². The van der Waals surface area contributed by atoms with Gasteiger partial charge in [-0.15, -0.1) is 24.8 Å². The number of hydrogen-bond acceptors (Lipinski definition) is 3. The molecule has 27 heavy (non-hydrogen) atoms. The van der Waals surface area contributed by atoms with Crippen molar-refractivity contribution in [3.8, 4) is 0 Å². The monoisotopic (exact) mass is 408 g/mol. The third-order valence-electron chi connectivity index (χ3n) is 4.38. The molecule has 1 aromatic heterocycles. The molecule has 1 amide bonds. The number of anilines is 1. The summed E-state index contributed by atoms with van der Waals surface area (Å²) in [6.45, 7) is 8.10. The molecule has 2 aromatic carbocycles. The lowest BCUT2D eigenvalue weighted by Crippen LogP contribution is -2.29. The minimum Gasteiger partial charge on any atom is -0.399 e. The van der Waals surface area contributed by atoms with Gasteiger partial charge in [-0.2, -0.15) is 0 Å². The van der Waals surface area contributed by atoms with Crippen molar-refractivity contribution in [3.05, 3.63) is 59.4 Å². The summed E-state index contributed by atoms with van der Waals surface area (Å²) < 4.78 is 2.17. The fourth-order valence-electron chi connectivity index (χ4n) is 3.13. The molecule has 0 saturated carbocycles. The van der Waals surface area contributed by atoms with E-state index in [2.05, 4.69) is 29.8 Å². The Labute approximate surface area is 172 Å². The molecule has 3 N–H and O–H groups in total. The zero-order chi connectivity index (χ0) is 18.1. The van der Waals surface area contributed by atoms with Gasteiger partial charge in [-0.3, -0.25) is 4.79 Å². The lowest BCUT2D eigenvalue weighted by Gasteiger charge is -2.19. The molecule has 0 aliphatic rings. The highest BCUT2D eigenvalue weighted by molar-refractivity contribution is 5.96. The van der Waals surface area contributed by atoms with Crippen LogP contribution in [0.5, 0.6) is 0 Å². The Kier molecular flexibility index (Phi) is 7.69. The normalized spacial score (nSPS) is 11.6. The summed E-state index contributed by atoms with van der Waals surface area (Å²) in [6, 6.07) is 13.4. The van der Waals surface area contributed by atoms with Crippen molar-refractivity contribution in [1.29, 1.82) is 0 Å². The highest BCUT2D eigenvalue weighted by atomic mass is 35.5. The van der Waals surface area contributed by atoms with E-state index >= 15 is 0 Å². The van der Waals surface area contributed by atoms with Gasteiger partial charge in [0, 0.05) is 17.3 Å². The summed E-state index contributed by atoms with van der Waals surface area (Å²) in [5.74, 6) is 0.714. The Morgan fingerprint density at radius 1 is 1.11 bits per heavy atom. The number of fused-ring (bicyclic) bond motifs is 1. The number of halogens is 2. The first-order valence-corrected chi connectivity index (χ1v) is 8.52. The van der Waals surface area contributed by atoms with E-state index in [0.717, 1.165) is 22.4 Å². The van der Waals surface area contributed by atoms with Gasteiger partial charge < -0.3 is 15.6 Å². The molecule has 0 radical (unpaired) electrons. The standard InChI is InChI=1S/C20H24N4O.2ClH/c1-12(2)24-18-8-6-5-7-17(18)23-19(24)14(4)22-20(25)16-11-15(21)10-9-13(16)3;;/h5-12,14H,21H2,1-4H3,(H,22,25);2*1H. The molecular weight excluding hydrogens is 383 g/mol. The molecule has 0 saturated heterocycles. The maximum absolute atomic E-state index is 12.7. The molecule has 1 atom stereocenters. The van der Waals surface area contributed by atoms with Gasteiger partial charge in [0.2, 0.25) is 0 Å². The molecule has 0 aliphatic heterocycles. The van der Waals surface area contributed by atoms with E-state index in [1.807, 2.05) is 38.1 Å². The third kappa shape index (κ3) is 4.54. The van der Waals surface area contributed by atoms with E-state index in [4.69, 9.17) is 10.7 Å². The maximum Gasteiger partial charge on any atom is 0.252 e. The topological polar surface area (TPSA) is 72.9 Å². The van der Waals surface area contributed by atoms with Crippen LogP contribution in [0.4, 0.5) is 5.69 Å². The van der Waals surface area contributed by atoms with E-state index in [9.17, 15) is 4.79 Å². The first-order chi connectivity index (χ1) is 11.9. The smallest absolute Gasteiger partial charge is 0.252 e. The summed E-state index contributed by atoms with van der Waals surface area (Å²) in [4.78, 5) is 17.4. The number of aromatic nitrogens is 2. The molecule has 0 spiro atoms. The number of nitrogens with two attached hydrogens (primary N) is 1. The molecule has 5 nitrogen and oxygen atoms in total. The summed E-state index contributed by atoms with van der Waals surface area (Å²) in [6.07, 6.45) is 0. The van der Waals surface area contributed by atoms with E-state index in [-0.39, 0.29) is 42.8 Å². The fourth-order valence-corrected chi connectivity index (χ4v) is 3.13. The zero-order valence-electron chi connectivity index (χ0n) is 15.9. The van der Waals surface area contributed by atoms with Gasteiger partial charge in [0.25, 0.3) is 5.91 Å². The average Bonchev–Trinajstić information content (AvgIpc) is 2.96. The van der Waals surface area contributed by atoms with Crippen molar-refractivity contribution in [3.63, 3.8) is 0 Å². The van der Waals surface area contributed by atoms with Gasteiger partial charge in [-0.25, -0.2) is 4.98 Å². The number of carbonyl (C=O) groups excluding carboxylic acids is 1. The van der Waals surface area contributed by atoms with Crippen molar-refractivity contribution in [2.24, 2.45) is 0 Å². The van der Waals surface area contributed by atoms with Crippen LogP contribution in [0.2, 0.25) is 0 Å². The third-order valence-corrected chi connectivity index (χ3v) is 4.38. The van der Waals surface area contributed by atoms with Crippen LogP contribution in [0.1, 0.15) is 54.6 Å². The van der Waals surface area contributed by atoms with Crippen molar-refractivity contribution in [2.75, 3.05) is 5.73 Å². The summed E-state index contributed by atoms with van der Waals surface area (Å²) in [7, 11) is 0. The predicted molar refractivity (Wildman–Crippen MR) is 116 cm³/mol. The second-order valence-corrected chi connectivity index (χ2v) is 6.69. The lowest BCUT2D eigenvalue weighted by atomic mass is 10.1. The van der Waals surface area contributed by atoms with Gasteiger partial charge in [0.15, 0.2) is 0 Å². The minimum absolute atomic E-state index is 0. The van der Waals surface area contributed by atoms with Crippen molar-refractivity contribution in [2.45, 2.75) is 39.8 Å². The molecule has 0 fully saturated rings. The Morgan fingerprint density at radius 2 is 1.78 bits per heavy atom. The van der Waals surface area contributed by atoms with Gasteiger partial charge >= 0.3 is 0 Å². The lowest BCUT2D eigenvalue weighted by molar-refractivity contribution is 0.0937. The molecule has 146 valence electrons. The molecule has 3 rings (SSSR count). The quantitative estimate of drug-likeness (QED) is 0.606. The van der Waals surface area contributed by atoms with Crippen molar-refractivity contribution in [1.82, 2.24) is 14.9 Å². The highest BCUT2D eigenvalue weighted by Gasteiger charge is 2.21. The van der Waals surface area contributed by atoms with Crippen LogP contribution in [0.3, 0.4) is 0 Å². The van der Waals surface area contributed by atoms with E-state index in [0.29, 0.717) is 11.3 Å². The van der Waals surface area contributed by atoms with Crippen molar-refractivity contribution < 1.29 is 4.79 Å². The average molecular weight is 409 g/mol. The Bertz CT molecular complexity index is 937. The van der Waals surface area contributed by atoms with Crippen LogP contribution in [-0.4, -0.2) is 15.5 Å². The number of nitrogen functional groups attached to an aromatic ring is 1. The number of benzene rings is 2. The largest absolute Gasteiger partial charge is 0.399 e. The number of carbonyl (C=O) groups is 1. The van der Waals surface area contributed by atoms with E-state index in [1.165, 1.54) is 0 Å². The molecular formula is C20H26Cl2N4O. The van der Waals surface area contributed by atoms with E-state index in [1.54, 1.807) is 12.1 Å². The van der Waals surface area contributed by atoms with Crippen LogP contribution in [0, 0.1) is 6.92 Å². The summed E-state index contributed by atoms with van der Waals surface area (Å²) >= 11 is 0. The van der Waals surface area contributed by atoms with Crippen LogP contribution in [-0.2, 0) is 0 Å².